The molecule has 11 aromatic rings. The second kappa shape index (κ2) is 11.9. The summed E-state index contributed by atoms with van der Waals surface area (Å²) in [6.07, 6.45) is 0. The first-order valence-electron chi connectivity index (χ1n) is 18.1. The van der Waals surface area contributed by atoms with Crippen LogP contribution < -0.4 is 4.90 Å². The van der Waals surface area contributed by atoms with Crippen molar-refractivity contribution in [2.75, 3.05) is 4.90 Å². The molecule has 2 heterocycles. The third-order valence-corrected chi connectivity index (χ3v) is 11.9. The summed E-state index contributed by atoms with van der Waals surface area (Å²) >= 11 is 1.90. The van der Waals surface area contributed by atoms with Gasteiger partial charge in [0.05, 0.1) is 11.0 Å². The molecular formula is C50H32N2S. The number of hydrogen-bond donors (Lipinski definition) is 0. The highest BCUT2D eigenvalue weighted by Crippen LogP contribution is 2.45. The van der Waals surface area contributed by atoms with Crippen molar-refractivity contribution in [2.45, 2.75) is 0 Å². The number of hydrogen-bond acceptors (Lipinski definition) is 2. The van der Waals surface area contributed by atoms with Crippen molar-refractivity contribution in [1.29, 1.82) is 0 Å². The van der Waals surface area contributed by atoms with Crippen LogP contribution in [0.4, 0.5) is 17.1 Å². The molecule has 0 atom stereocenters. The van der Waals surface area contributed by atoms with Gasteiger partial charge >= 0.3 is 0 Å². The fourth-order valence-corrected chi connectivity index (χ4v) is 9.46. The van der Waals surface area contributed by atoms with Gasteiger partial charge in [-0.05, 0) is 105 Å². The van der Waals surface area contributed by atoms with Gasteiger partial charge in [-0.15, -0.1) is 11.3 Å². The molecule has 2 nitrogen and oxygen atoms in total. The average molecular weight is 693 g/mol. The fraction of sp³-hybridized carbons (Fsp3) is 0. The number of anilines is 3. The van der Waals surface area contributed by atoms with E-state index in [0.717, 1.165) is 17.1 Å². The van der Waals surface area contributed by atoms with Crippen molar-refractivity contribution in [2.24, 2.45) is 0 Å². The minimum Gasteiger partial charge on any atom is -0.310 e. The van der Waals surface area contributed by atoms with Crippen LogP contribution in [-0.4, -0.2) is 4.57 Å². The first-order chi connectivity index (χ1) is 26.3. The number of thiophene rings is 1. The van der Waals surface area contributed by atoms with Crippen LogP contribution in [0.5, 0.6) is 0 Å². The van der Waals surface area contributed by atoms with Gasteiger partial charge in [-0.2, -0.15) is 0 Å². The Labute approximate surface area is 311 Å². The molecule has 0 aliphatic heterocycles. The van der Waals surface area contributed by atoms with Gasteiger partial charge in [-0.25, -0.2) is 0 Å². The van der Waals surface area contributed by atoms with Crippen molar-refractivity contribution in [1.82, 2.24) is 4.57 Å². The lowest BCUT2D eigenvalue weighted by Gasteiger charge is -2.26. The van der Waals surface area contributed by atoms with E-state index in [1.165, 1.54) is 80.3 Å². The van der Waals surface area contributed by atoms with Gasteiger partial charge in [0.25, 0.3) is 0 Å². The van der Waals surface area contributed by atoms with Crippen molar-refractivity contribution >= 4 is 91.9 Å². The molecule has 0 saturated heterocycles. The topological polar surface area (TPSA) is 8.17 Å². The van der Waals surface area contributed by atoms with E-state index in [1.54, 1.807) is 0 Å². The molecule has 53 heavy (non-hydrogen) atoms. The number of rotatable bonds is 5. The van der Waals surface area contributed by atoms with Crippen molar-refractivity contribution in [3.63, 3.8) is 0 Å². The van der Waals surface area contributed by atoms with Gasteiger partial charge in [-0.3, -0.25) is 0 Å². The highest BCUT2D eigenvalue weighted by molar-refractivity contribution is 7.26. The largest absolute Gasteiger partial charge is 0.310 e. The highest BCUT2D eigenvalue weighted by atomic mass is 32.1. The van der Waals surface area contributed by atoms with E-state index in [4.69, 9.17) is 0 Å². The van der Waals surface area contributed by atoms with Crippen LogP contribution in [0, 0.1) is 0 Å². The van der Waals surface area contributed by atoms with Crippen LogP contribution in [0.1, 0.15) is 0 Å². The zero-order valence-corrected chi connectivity index (χ0v) is 29.6. The van der Waals surface area contributed by atoms with Crippen LogP contribution in [0.15, 0.2) is 194 Å². The Morgan fingerprint density at radius 1 is 0.377 bits per heavy atom. The van der Waals surface area contributed by atoms with Crippen LogP contribution in [0.2, 0.25) is 0 Å². The molecule has 3 heteroatoms. The Balaban J connectivity index is 1.08. The quantitative estimate of drug-likeness (QED) is 0.174. The fourth-order valence-electron chi connectivity index (χ4n) is 8.20. The molecule has 248 valence electrons. The van der Waals surface area contributed by atoms with Gasteiger partial charge in [-0.1, -0.05) is 121 Å². The summed E-state index contributed by atoms with van der Waals surface area (Å²) in [5, 5.41) is 10.2. The maximum absolute atomic E-state index is 2.42. The maximum Gasteiger partial charge on any atom is 0.0555 e. The van der Waals surface area contributed by atoms with Crippen molar-refractivity contribution in [3.05, 3.63) is 194 Å². The molecule has 9 aromatic carbocycles. The monoisotopic (exact) mass is 692 g/mol. The first-order valence-corrected chi connectivity index (χ1v) is 18.9. The predicted octanol–water partition coefficient (Wildman–Crippen LogP) is 14.6. The number of fused-ring (bicyclic) bond motifs is 9. The summed E-state index contributed by atoms with van der Waals surface area (Å²) < 4.78 is 5.09. The summed E-state index contributed by atoms with van der Waals surface area (Å²) in [5.41, 5.74) is 9.41. The van der Waals surface area contributed by atoms with Crippen molar-refractivity contribution < 1.29 is 0 Å². The molecule has 0 amide bonds. The van der Waals surface area contributed by atoms with E-state index in [1.807, 2.05) is 11.3 Å². The SMILES string of the molecule is c1ccc(-n2c3ccc(-c4ccc(N(c5ccc6ccccc6c5)c5ccc6ccccc6c5)cc4)cc3c3c4sc5ccccc5c4ccc32)cc1. The molecule has 0 unspecified atom stereocenters. The summed E-state index contributed by atoms with van der Waals surface area (Å²) in [6.45, 7) is 0. The number of aromatic nitrogens is 1. The van der Waals surface area contributed by atoms with E-state index in [2.05, 4.69) is 204 Å². The molecule has 0 bridgehead atoms. The molecule has 0 spiro atoms. The average Bonchev–Trinajstić information content (AvgIpc) is 3.77. The van der Waals surface area contributed by atoms with E-state index >= 15 is 0 Å². The minimum atomic E-state index is 1.12. The Morgan fingerprint density at radius 2 is 0.962 bits per heavy atom. The lowest BCUT2D eigenvalue weighted by Crippen LogP contribution is -2.09. The normalized spacial score (nSPS) is 11.8. The summed E-state index contributed by atoms with van der Waals surface area (Å²) in [4.78, 5) is 2.37. The van der Waals surface area contributed by atoms with E-state index in [-0.39, 0.29) is 0 Å². The Hall–Kier alpha value is -6.68. The van der Waals surface area contributed by atoms with Crippen LogP contribution in [0.25, 0.3) is 80.3 Å². The Kier molecular flexibility index (Phi) is 6.76. The molecule has 2 aromatic heterocycles. The smallest absolute Gasteiger partial charge is 0.0555 e. The second-order valence-electron chi connectivity index (χ2n) is 13.8. The van der Waals surface area contributed by atoms with Crippen LogP contribution in [0.3, 0.4) is 0 Å². The Morgan fingerprint density at radius 3 is 1.68 bits per heavy atom. The molecule has 11 rings (SSSR count). The summed E-state index contributed by atoms with van der Waals surface area (Å²) in [7, 11) is 0. The lowest BCUT2D eigenvalue weighted by molar-refractivity contribution is 1.18. The standard InChI is InChI=1S/C50H32N2S/c1-2-14-39(15-3-1)52-46-28-22-38(32-45(46)49-47(52)29-27-44-43-16-8-9-17-48(43)53-50(44)49)35-18-23-40(24-19-35)51(41-25-20-33-10-4-6-12-36(33)30-41)42-26-21-34-11-5-7-13-37(34)31-42/h1-32H. The predicted molar refractivity (Wildman–Crippen MR) is 229 cm³/mol. The number of benzene rings is 9. The third-order valence-electron chi connectivity index (χ3n) is 10.7. The van der Waals surface area contributed by atoms with Crippen molar-refractivity contribution in [3.8, 4) is 16.8 Å². The van der Waals surface area contributed by atoms with Gasteiger partial charge in [0.15, 0.2) is 0 Å². The van der Waals surface area contributed by atoms with Crippen LogP contribution >= 0.6 is 11.3 Å². The summed E-state index contributed by atoms with van der Waals surface area (Å²) in [6, 6.07) is 70.9. The Bertz CT molecular complexity index is 3090. The van der Waals surface area contributed by atoms with Gasteiger partial charge in [0.1, 0.15) is 0 Å². The lowest BCUT2D eigenvalue weighted by atomic mass is 10.0. The van der Waals surface area contributed by atoms with Gasteiger partial charge < -0.3 is 9.47 Å². The van der Waals surface area contributed by atoms with Crippen LogP contribution in [-0.2, 0) is 0 Å². The molecule has 0 fully saturated rings. The van der Waals surface area contributed by atoms with Gasteiger partial charge in [0.2, 0.25) is 0 Å². The highest BCUT2D eigenvalue weighted by Gasteiger charge is 2.19. The molecule has 0 aliphatic rings. The minimum absolute atomic E-state index is 1.12. The first kappa shape index (κ1) is 30.0. The maximum atomic E-state index is 2.42. The third kappa shape index (κ3) is 4.86. The number of nitrogens with zero attached hydrogens (tertiary/aromatic N) is 2. The van der Waals surface area contributed by atoms with Gasteiger partial charge in [0, 0.05) is 53.7 Å². The molecule has 0 aliphatic carbocycles. The second-order valence-corrected chi connectivity index (χ2v) is 14.8. The molecule has 0 radical (unpaired) electrons. The molecule has 0 N–H and O–H groups in total. The van der Waals surface area contributed by atoms with E-state index < -0.39 is 0 Å². The number of para-hydroxylation sites is 1. The molecule has 0 saturated carbocycles. The van der Waals surface area contributed by atoms with E-state index in [0.29, 0.717) is 0 Å². The summed E-state index contributed by atoms with van der Waals surface area (Å²) in [5.74, 6) is 0. The molecular weight excluding hydrogens is 661 g/mol. The van der Waals surface area contributed by atoms with E-state index in [9.17, 15) is 0 Å². The zero-order chi connectivity index (χ0) is 34.9. The zero-order valence-electron chi connectivity index (χ0n) is 28.8.